The summed E-state index contributed by atoms with van der Waals surface area (Å²) in [6.45, 7) is 9.79. The van der Waals surface area contributed by atoms with Crippen LogP contribution >= 0.6 is 0 Å². The number of hydrogen-bond donors (Lipinski definition) is 2. The van der Waals surface area contributed by atoms with E-state index < -0.39 is 12.0 Å². The Morgan fingerprint density at radius 1 is 1.21 bits per heavy atom. The molecule has 0 bridgehead atoms. The van der Waals surface area contributed by atoms with Gasteiger partial charge in [0.15, 0.2) is 0 Å². The quantitative estimate of drug-likeness (QED) is 0.390. The summed E-state index contributed by atoms with van der Waals surface area (Å²) >= 11 is 0. The van der Waals surface area contributed by atoms with Crippen LogP contribution in [-0.4, -0.2) is 62.8 Å². The Bertz CT molecular complexity index is 739. The lowest BCUT2D eigenvalue weighted by atomic mass is 9.73. The Kier molecular flexibility index (Phi) is 10.7. The molecular formula is C26H43F3N2O3. The molecule has 1 heterocycles. The predicted molar refractivity (Wildman–Crippen MR) is 129 cm³/mol. The molecule has 0 radical (unpaired) electrons. The maximum Gasteiger partial charge on any atom is 0.573 e. The Balaban J connectivity index is 2.32. The van der Waals surface area contributed by atoms with Crippen molar-refractivity contribution in [2.75, 3.05) is 40.4 Å². The van der Waals surface area contributed by atoms with Gasteiger partial charge in [0.05, 0.1) is 5.60 Å². The fourth-order valence-corrected chi connectivity index (χ4v) is 5.19. The van der Waals surface area contributed by atoms with Crippen LogP contribution in [0, 0.1) is 11.3 Å². The van der Waals surface area contributed by atoms with Crippen LogP contribution in [0.25, 0.3) is 0 Å². The number of rotatable bonds is 12. The van der Waals surface area contributed by atoms with Gasteiger partial charge in [-0.2, -0.15) is 0 Å². The molecule has 0 aromatic heterocycles. The molecule has 5 nitrogen and oxygen atoms in total. The van der Waals surface area contributed by atoms with Crippen molar-refractivity contribution in [3.63, 3.8) is 0 Å². The van der Waals surface area contributed by atoms with Crippen LogP contribution in [0.5, 0.6) is 5.75 Å². The van der Waals surface area contributed by atoms with Crippen LogP contribution in [0.15, 0.2) is 24.3 Å². The molecule has 1 fully saturated rings. The molecule has 0 saturated carbocycles. The van der Waals surface area contributed by atoms with Crippen LogP contribution in [0.4, 0.5) is 13.2 Å². The van der Waals surface area contributed by atoms with Gasteiger partial charge in [-0.1, -0.05) is 32.9 Å². The highest BCUT2D eigenvalue weighted by molar-refractivity contribution is 5.33. The van der Waals surface area contributed by atoms with E-state index in [2.05, 4.69) is 35.7 Å². The molecule has 1 aliphatic rings. The van der Waals surface area contributed by atoms with Gasteiger partial charge in [0, 0.05) is 38.8 Å². The second-order valence-electron chi connectivity index (χ2n) is 10.8. The van der Waals surface area contributed by atoms with Gasteiger partial charge in [0.1, 0.15) is 5.75 Å². The highest BCUT2D eigenvalue weighted by Gasteiger charge is 2.42. The van der Waals surface area contributed by atoms with Crippen molar-refractivity contribution in [2.45, 2.75) is 77.3 Å². The van der Waals surface area contributed by atoms with Crippen LogP contribution < -0.4 is 10.1 Å². The lowest BCUT2D eigenvalue weighted by molar-refractivity contribution is -0.274. The Hall–Kier alpha value is -1.35. The summed E-state index contributed by atoms with van der Waals surface area (Å²) in [5.41, 5.74) is -0.600. The van der Waals surface area contributed by atoms with Crippen LogP contribution in [-0.2, 0) is 10.3 Å². The summed E-state index contributed by atoms with van der Waals surface area (Å²) in [6.07, 6.45) is -0.0443. The molecule has 34 heavy (non-hydrogen) atoms. The predicted octanol–water partition coefficient (Wildman–Crippen LogP) is 5.33. The number of piperidine rings is 1. The largest absolute Gasteiger partial charge is 0.573 e. The van der Waals surface area contributed by atoms with Gasteiger partial charge >= 0.3 is 6.36 Å². The lowest BCUT2D eigenvalue weighted by Crippen LogP contribution is -2.52. The van der Waals surface area contributed by atoms with E-state index in [1.165, 1.54) is 18.2 Å². The molecular weight excluding hydrogens is 445 g/mol. The summed E-state index contributed by atoms with van der Waals surface area (Å²) in [7, 11) is 3.59. The zero-order chi connectivity index (χ0) is 25.4. The normalized spacial score (nSPS) is 20.7. The molecule has 2 rings (SSSR count). The van der Waals surface area contributed by atoms with Crippen LogP contribution in [0.1, 0.15) is 64.9 Å². The van der Waals surface area contributed by atoms with E-state index in [9.17, 15) is 18.3 Å². The number of aliphatic hydroxyl groups is 1. The molecule has 1 unspecified atom stereocenters. The number of alkyl halides is 3. The van der Waals surface area contributed by atoms with Gasteiger partial charge in [-0.05, 0) is 75.2 Å². The van der Waals surface area contributed by atoms with Crippen LogP contribution in [0.3, 0.4) is 0 Å². The van der Waals surface area contributed by atoms with E-state index in [-0.39, 0.29) is 17.1 Å². The number of likely N-dealkylation sites (tertiary alicyclic amines) is 1. The molecule has 1 saturated heterocycles. The van der Waals surface area contributed by atoms with E-state index in [0.29, 0.717) is 37.6 Å². The summed E-state index contributed by atoms with van der Waals surface area (Å²) in [5.74, 6) is -0.391. The SMILES string of the molecule is CNCC(CC(C)(C)C)N1CCC[C@@H]([C@@](O)(CCCCOC)c2cccc(OC(F)(F)F)c2)C1. The molecule has 1 aromatic carbocycles. The number of ether oxygens (including phenoxy) is 2. The minimum Gasteiger partial charge on any atom is -0.406 e. The van der Waals surface area contributed by atoms with E-state index >= 15 is 0 Å². The van der Waals surface area contributed by atoms with Crippen molar-refractivity contribution in [3.8, 4) is 5.75 Å². The summed E-state index contributed by atoms with van der Waals surface area (Å²) in [6, 6.07) is 6.20. The zero-order valence-corrected chi connectivity index (χ0v) is 21.4. The van der Waals surface area contributed by atoms with Gasteiger partial charge in [-0.15, -0.1) is 13.2 Å². The standard InChI is InChI=1S/C26H43F3N2O3/c1-24(2,3)17-22(18-30-4)31-14-9-11-21(19-31)25(32,13-6-7-15-33-5)20-10-8-12-23(16-20)34-26(27,28)29/h8,10,12,16,21-22,30,32H,6-7,9,11,13-15,17-19H2,1-5H3/t21-,22?,25-/m1/s1. The average Bonchev–Trinajstić information content (AvgIpc) is 2.74. The first kappa shape index (κ1) is 28.9. The molecule has 1 aromatic rings. The monoisotopic (exact) mass is 488 g/mol. The molecule has 196 valence electrons. The highest BCUT2D eigenvalue weighted by atomic mass is 19.4. The first-order valence-electron chi connectivity index (χ1n) is 12.3. The number of nitrogens with zero attached hydrogens (tertiary/aromatic N) is 1. The van der Waals surface area contributed by atoms with Crippen molar-refractivity contribution in [2.24, 2.45) is 11.3 Å². The second-order valence-corrected chi connectivity index (χ2v) is 10.8. The van der Waals surface area contributed by atoms with Crippen molar-refractivity contribution >= 4 is 0 Å². The third kappa shape index (κ3) is 9.02. The summed E-state index contributed by atoms with van der Waals surface area (Å²) in [5, 5.41) is 15.4. The van der Waals surface area contributed by atoms with E-state index in [4.69, 9.17) is 4.74 Å². The maximum absolute atomic E-state index is 12.8. The Morgan fingerprint density at radius 2 is 1.94 bits per heavy atom. The average molecular weight is 489 g/mol. The minimum absolute atomic E-state index is 0.0933. The zero-order valence-electron chi connectivity index (χ0n) is 21.4. The Labute approximate surface area is 203 Å². The number of likely N-dealkylation sites (N-methyl/N-ethyl adjacent to an activating group) is 1. The van der Waals surface area contributed by atoms with Crippen molar-refractivity contribution in [1.29, 1.82) is 0 Å². The van der Waals surface area contributed by atoms with Gasteiger partial charge in [0.2, 0.25) is 0 Å². The number of nitrogens with one attached hydrogen (secondary N) is 1. The van der Waals surface area contributed by atoms with E-state index in [0.717, 1.165) is 38.8 Å². The molecule has 8 heteroatoms. The fraction of sp³-hybridized carbons (Fsp3) is 0.769. The van der Waals surface area contributed by atoms with Crippen molar-refractivity contribution in [1.82, 2.24) is 10.2 Å². The fourth-order valence-electron chi connectivity index (χ4n) is 5.19. The van der Waals surface area contributed by atoms with Gasteiger partial charge in [-0.3, -0.25) is 4.90 Å². The lowest BCUT2D eigenvalue weighted by Gasteiger charge is -2.46. The number of hydrogen-bond acceptors (Lipinski definition) is 5. The van der Waals surface area contributed by atoms with Gasteiger partial charge in [-0.25, -0.2) is 0 Å². The van der Waals surface area contributed by atoms with E-state index in [1.54, 1.807) is 13.2 Å². The van der Waals surface area contributed by atoms with Crippen molar-refractivity contribution < 1.29 is 27.8 Å². The maximum atomic E-state index is 12.8. The molecule has 0 amide bonds. The Morgan fingerprint density at radius 3 is 2.56 bits per heavy atom. The third-order valence-corrected chi connectivity index (χ3v) is 6.66. The first-order chi connectivity index (χ1) is 15.9. The molecule has 1 aliphatic heterocycles. The number of unbranched alkanes of at least 4 members (excludes halogenated alkanes) is 1. The molecule has 0 spiro atoms. The summed E-state index contributed by atoms with van der Waals surface area (Å²) < 4.78 is 47.9. The summed E-state index contributed by atoms with van der Waals surface area (Å²) in [4.78, 5) is 2.45. The first-order valence-corrected chi connectivity index (χ1v) is 12.3. The second kappa shape index (κ2) is 12.6. The highest BCUT2D eigenvalue weighted by Crippen LogP contribution is 2.42. The topological polar surface area (TPSA) is 54.0 Å². The van der Waals surface area contributed by atoms with Gasteiger partial charge < -0.3 is 19.9 Å². The molecule has 3 atom stereocenters. The smallest absolute Gasteiger partial charge is 0.406 e. The number of benzene rings is 1. The van der Waals surface area contributed by atoms with Crippen molar-refractivity contribution in [3.05, 3.63) is 29.8 Å². The number of halogens is 3. The van der Waals surface area contributed by atoms with E-state index in [1.807, 2.05) is 7.05 Å². The minimum atomic E-state index is -4.77. The van der Waals surface area contributed by atoms with Crippen LogP contribution in [0.2, 0.25) is 0 Å². The number of methoxy groups -OCH3 is 1. The van der Waals surface area contributed by atoms with Gasteiger partial charge in [0.25, 0.3) is 0 Å². The molecule has 2 N–H and O–H groups in total. The third-order valence-electron chi connectivity index (χ3n) is 6.66. The molecule has 0 aliphatic carbocycles.